The molecule has 23 heavy (non-hydrogen) atoms. The molecule has 3 rings (SSSR count). The Morgan fingerprint density at radius 3 is 2.22 bits per heavy atom. The molecule has 1 heterocycles. The van der Waals surface area contributed by atoms with Crippen molar-refractivity contribution in [3.8, 4) is 5.75 Å². The fourth-order valence-electron chi connectivity index (χ4n) is 3.00. The Bertz CT molecular complexity index is 704. The van der Waals surface area contributed by atoms with E-state index < -0.39 is 0 Å². The summed E-state index contributed by atoms with van der Waals surface area (Å²) in [6.07, 6.45) is 1.36. The van der Waals surface area contributed by atoms with E-state index in [2.05, 4.69) is 0 Å². The van der Waals surface area contributed by atoms with Gasteiger partial charge < -0.3 is 10.0 Å². The molecule has 1 amide bonds. The van der Waals surface area contributed by atoms with Crippen LogP contribution in [0.1, 0.15) is 33.6 Å². The lowest BCUT2D eigenvalue weighted by atomic mass is 9.88. The molecule has 0 spiro atoms. The van der Waals surface area contributed by atoms with Crippen molar-refractivity contribution in [2.45, 2.75) is 12.8 Å². The van der Waals surface area contributed by atoms with Crippen LogP contribution in [0.15, 0.2) is 54.6 Å². The summed E-state index contributed by atoms with van der Waals surface area (Å²) < 4.78 is 0. The number of aromatic hydroxyl groups is 1. The number of nitrogens with zero attached hydrogens (tertiary/aromatic N) is 1. The number of hydrogen-bond acceptors (Lipinski definition) is 3. The zero-order chi connectivity index (χ0) is 16.2. The van der Waals surface area contributed by atoms with Crippen LogP contribution in [0.2, 0.25) is 0 Å². The Kier molecular flexibility index (Phi) is 4.42. The Morgan fingerprint density at radius 1 is 0.913 bits per heavy atom. The van der Waals surface area contributed by atoms with E-state index in [0.29, 0.717) is 31.5 Å². The molecule has 1 aliphatic rings. The van der Waals surface area contributed by atoms with Crippen LogP contribution in [0.4, 0.5) is 0 Å². The van der Waals surface area contributed by atoms with Gasteiger partial charge in [0.05, 0.1) is 0 Å². The predicted octanol–water partition coefficient (Wildman–Crippen LogP) is 3.13. The molecule has 0 aromatic heterocycles. The molecule has 4 heteroatoms. The van der Waals surface area contributed by atoms with Gasteiger partial charge in [0, 0.05) is 30.1 Å². The molecule has 0 aliphatic carbocycles. The lowest BCUT2D eigenvalue weighted by molar-refractivity contribution is 0.0650. The van der Waals surface area contributed by atoms with Crippen LogP contribution in [0.5, 0.6) is 5.75 Å². The second kappa shape index (κ2) is 6.65. The van der Waals surface area contributed by atoms with Crippen LogP contribution in [0.25, 0.3) is 0 Å². The zero-order valence-electron chi connectivity index (χ0n) is 12.8. The summed E-state index contributed by atoms with van der Waals surface area (Å²) in [4.78, 5) is 26.6. The molecule has 0 unspecified atom stereocenters. The van der Waals surface area contributed by atoms with Gasteiger partial charge in [0.15, 0.2) is 5.78 Å². The van der Waals surface area contributed by atoms with Gasteiger partial charge >= 0.3 is 0 Å². The third kappa shape index (κ3) is 3.42. The maximum absolute atomic E-state index is 12.5. The summed E-state index contributed by atoms with van der Waals surface area (Å²) in [5.41, 5.74) is 1.23. The molecule has 2 aromatic carbocycles. The molecule has 1 N–H and O–H groups in total. The largest absolute Gasteiger partial charge is 0.508 e. The number of phenolic OH excluding ortho intramolecular Hbond substituents is 1. The van der Waals surface area contributed by atoms with Crippen molar-refractivity contribution < 1.29 is 14.7 Å². The smallest absolute Gasteiger partial charge is 0.253 e. The summed E-state index contributed by atoms with van der Waals surface area (Å²) in [7, 11) is 0. The lowest BCUT2D eigenvalue weighted by Gasteiger charge is -2.31. The van der Waals surface area contributed by atoms with Crippen LogP contribution in [-0.4, -0.2) is 34.8 Å². The fourth-order valence-corrected chi connectivity index (χ4v) is 3.00. The van der Waals surface area contributed by atoms with E-state index in [1.54, 1.807) is 23.1 Å². The SMILES string of the molecule is O=C(c1ccccc1)C1CCN(C(=O)c2cccc(O)c2)CC1. The highest BCUT2D eigenvalue weighted by Crippen LogP contribution is 2.23. The number of amides is 1. The topological polar surface area (TPSA) is 57.6 Å². The minimum absolute atomic E-state index is 0.0226. The molecule has 2 aromatic rings. The summed E-state index contributed by atoms with van der Waals surface area (Å²) >= 11 is 0. The van der Waals surface area contributed by atoms with Crippen molar-refractivity contribution >= 4 is 11.7 Å². The average molecular weight is 309 g/mol. The minimum Gasteiger partial charge on any atom is -0.508 e. The quantitative estimate of drug-likeness (QED) is 0.886. The second-order valence-electron chi connectivity index (χ2n) is 5.85. The number of benzene rings is 2. The first-order valence-electron chi connectivity index (χ1n) is 7.83. The number of rotatable bonds is 3. The molecule has 0 atom stereocenters. The summed E-state index contributed by atoms with van der Waals surface area (Å²) in [5, 5.41) is 9.49. The zero-order valence-corrected chi connectivity index (χ0v) is 12.8. The van der Waals surface area contributed by atoms with Crippen LogP contribution in [0.3, 0.4) is 0 Å². The first-order valence-corrected chi connectivity index (χ1v) is 7.83. The van der Waals surface area contributed by atoms with Crippen molar-refractivity contribution in [1.82, 2.24) is 4.90 Å². The summed E-state index contributed by atoms with van der Waals surface area (Å²) in [6.45, 7) is 1.13. The van der Waals surface area contributed by atoms with Gasteiger partial charge in [-0.25, -0.2) is 0 Å². The number of phenols is 1. The van der Waals surface area contributed by atoms with Crippen LogP contribution in [-0.2, 0) is 0 Å². The third-order valence-electron chi connectivity index (χ3n) is 4.30. The summed E-state index contributed by atoms with van der Waals surface area (Å²) in [5.74, 6) is 0.136. The van der Waals surface area contributed by atoms with Crippen LogP contribution >= 0.6 is 0 Å². The van der Waals surface area contributed by atoms with E-state index in [1.807, 2.05) is 30.3 Å². The lowest BCUT2D eigenvalue weighted by Crippen LogP contribution is -2.40. The van der Waals surface area contributed by atoms with Gasteiger partial charge in [0.1, 0.15) is 5.75 Å². The van der Waals surface area contributed by atoms with E-state index in [9.17, 15) is 14.7 Å². The molecule has 1 saturated heterocycles. The van der Waals surface area contributed by atoms with Gasteiger partial charge in [-0.2, -0.15) is 0 Å². The molecule has 118 valence electrons. The van der Waals surface area contributed by atoms with Gasteiger partial charge in [-0.3, -0.25) is 9.59 Å². The van der Waals surface area contributed by atoms with Gasteiger partial charge in [-0.15, -0.1) is 0 Å². The van der Waals surface area contributed by atoms with Crippen molar-refractivity contribution in [3.05, 3.63) is 65.7 Å². The standard InChI is InChI=1S/C19H19NO3/c21-17-8-4-7-16(13-17)19(23)20-11-9-15(10-12-20)18(22)14-5-2-1-3-6-14/h1-8,13,15,21H,9-12H2. The van der Waals surface area contributed by atoms with Crippen molar-refractivity contribution in [2.24, 2.45) is 5.92 Å². The van der Waals surface area contributed by atoms with E-state index >= 15 is 0 Å². The Hall–Kier alpha value is -2.62. The van der Waals surface area contributed by atoms with E-state index in [4.69, 9.17) is 0 Å². The highest BCUT2D eigenvalue weighted by atomic mass is 16.3. The number of carbonyl (C=O) groups excluding carboxylic acids is 2. The third-order valence-corrected chi connectivity index (χ3v) is 4.30. The number of Topliss-reactive ketones (excluding diaryl/α,β-unsaturated/α-hetero) is 1. The van der Waals surface area contributed by atoms with Gasteiger partial charge in [0.25, 0.3) is 5.91 Å². The molecule has 1 fully saturated rings. The number of piperidine rings is 1. The molecule has 4 nitrogen and oxygen atoms in total. The predicted molar refractivity (Wildman–Crippen MR) is 87.5 cm³/mol. The molecule has 0 radical (unpaired) electrons. The van der Waals surface area contributed by atoms with E-state index in [1.165, 1.54) is 6.07 Å². The number of likely N-dealkylation sites (tertiary alicyclic amines) is 1. The first-order chi connectivity index (χ1) is 11.1. The summed E-state index contributed by atoms with van der Waals surface area (Å²) in [6, 6.07) is 15.7. The first kappa shape index (κ1) is 15.3. The van der Waals surface area contributed by atoms with Gasteiger partial charge in [0.2, 0.25) is 0 Å². The van der Waals surface area contributed by atoms with Crippen LogP contribution < -0.4 is 0 Å². The molecular weight excluding hydrogens is 290 g/mol. The normalized spacial score (nSPS) is 15.4. The molecule has 0 saturated carbocycles. The monoisotopic (exact) mass is 309 g/mol. The Balaban J connectivity index is 1.62. The van der Waals surface area contributed by atoms with E-state index in [-0.39, 0.29) is 23.4 Å². The number of ketones is 1. The number of carbonyl (C=O) groups is 2. The van der Waals surface area contributed by atoms with E-state index in [0.717, 1.165) is 5.56 Å². The number of hydrogen-bond donors (Lipinski definition) is 1. The average Bonchev–Trinajstić information content (AvgIpc) is 2.61. The van der Waals surface area contributed by atoms with Crippen molar-refractivity contribution in [3.63, 3.8) is 0 Å². The minimum atomic E-state index is -0.0912. The maximum Gasteiger partial charge on any atom is 0.253 e. The van der Waals surface area contributed by atoms with Crippen molar-refractivity contribution in [2.75, 3.05) is 13.1 Å². The Morgan fingerprint density at radius 2 is 1.57 bits per heavy atom. The van der Waals surface area contributed by atoms with Gasteiger partial charge in [-0.1, -0.05) is 36.4 Å². The highest BCUT2D eigenvalue weighted by Gasteiger charge is 2.28. The molecular formula is C19H19NO3. The maximum atomic E-state index is 12.5. The molecule has 1 aliphatic heterocycles. The van der Waals surface area contributed by atoms with Crippen molar-refractivity contribution in [1.29, 1.82) is 0 Å². The van der Waals surface area contributed by atoms with Gasteiger partial charge in [-0.05, 0) is 31.0 Å². The second-order valence-corrected chi connectivity index (χ2v) is 5.85. The fraction of sp³-hybridized carbons (Fsp3) is 0.263. The van der Waals surface area contributed by atoms with Crippen LogP contribution in [0, 0.1) is 5.92 Å². The Labute approximate surface area is 135 Å². The highest BCUT2D eigenvalue weighted by molar-refractivity contribution is 5.98. The molecule has 0 bridgehead atoms.